The Morgan fingerprint density at radius 3 is 3.04 bits per heavy atom. The molecule has 0 spiro atoms. The quantitative estimate of drug-likeness (QED) is 0.522. The standard InChI is InChI=1S/C17H14N4O3S/c1-10-6-11(2)21-15(20-10)13(8-19-21)17(22)23-9-12-7-18-16(24-12)14-4-3-5-25-14/h3-8H,9H2,1-2H3. The fraction of sp³-hybridized carbons (Fsp3) is 0.176. The zero-order valence-corrected chi connectivity index (χ0v) is 14.4. The van der Waals surface area contributed by atoms with E-state index >= 15 is 0 Å². The Morgan fingerprint density at radius 2 is 2.24 bits per heavy atom. The Balaban J connectivity index is 1.51. The van der Waals surface area contributed by atoms with E-state index in [-0.39, 0.29) is 6.61 Å². The number of fused-ring (bicyclic) bond motifs is 1. The molecule has 0 saturated carbocycles. The van der Waals surface area contributed by atoms with Gasteiger partial charge in [-0.1, -0.05) is 6.07 Å². The number of carbonyl (C=O) groups excluding carboxylic acids is 1. The molecule has 0 aliphatic heterocycles. The third-order valence-electron chi connectivity index (χ3n) is 3.63. The first-order valence-corrected chi connectivity index (χ1v) is 8.47. The minimum atomic E-state index is -0.499. The molecular weight excluding hydrogens is 340 g/mol. The average Bonchev–Trinajstić information content (AvgIpc) is 3.31. The Labute approximate surface area is 146 Å². The lowest BCUT2D eigenvalue weighted by molar-refractivity contribution is 0.0448. The first-order chi connectivity index (χ1) is 12.1. The van der Waals surface area contributed by atoms with E-state index in [0.29, 0.717) is 22.9 Å². The lowest BCUT2D eigenvalue weighted by Gasteiger charge is -2.03. The second kappa shape index (κ2) is 6.14. The van der Waals surface area contributed by atoms with Crippen molar-refractivity contribution in [1.82, 2.24) is 19.6 Å². The molecule has 4 aromatic rings. The fourth-order valence-electron chi connectivity index (χ4n) is 2.52. The van der Waals surface area contributed by atoms with Crippen molar-refractivity contribution in [1.29, 1.82) is 0 Å². The number of esters is 1. The van der Waals surface area contributed by atoms with Gasteiger partial charge in [0.15, 0.2) is 18.0 Å². The summed E-state index contributed by atoms with van der Waals surface area (Å²) in [5, 5.41) is 6.14. The molecule has 126 valence electrons. The fourth-order valence-corrected chi connectivity index (χ4v) is 3.17. The van der Waals surface area contributed by atoms with Crippen LogP contribution in [0.3, 0.4) is 0 Å². The highest BCUT2D eigenvalue weighted by atomic mass is 32.1. The number of oxazole rings is 1. The molecule has 25 heavy (non-hydrogen) atoms. The molecule has 0 N–H and O–H groups in total. The molecule has 0 saturated heterocycles. The number of hydrogen-bond donors (Lipinski definition) is 0. The molecule has 0 bridgehead atoms. The summed E-state index contributed by atoms with van der Waals surface area (Å²) >= 11 is 1.53. The predicted octanol–water partition coefficient (Wildman–Crippen LogP) is 3.42. The van der Waals surface area contributed by atoms with Gasteiger partial charge in [-0.15, -0.1) is 11.3 Å². The molecule has 0 amide bonds. The van der Waals surface area contributed by atoms with Gasteiger partial charge in [-0.2, -0.15) is 5.10 Å². The number of aromatic nitrogens is 4. The summed E-state index contributed by atoms with van der Waals surface area (Å²) in [6.07, 6.45) is 3.03. The van der Waals surface area contributed by atoms with E-state index < -0.39 is 5.97 Å². The van der Waals surface area contributed by atoms with Crippen LogP contribution in [0.1, 0.15) is 27.5 Å². The summed E-state index contributed by atoms with van der Waals surface area (Å²) in [6, 6.07) is 5.74. The lowest BCUT2D eigenvalue weighted by Crippen LogP contribution is -2.06. The number of nitrogens with zero attached hydrogens (tertiary/aromatic N) is 4. The van der Waals surface area contributed by atoms with Gasteiger partial charge in [0.05, 0.1) is 17.3 Å². The van der Waals surface area contributed by atoms with Crippen LogP contribution in [0.4, 0.5) is 0 Å². The number of thiophene rings is 1. The highest BCUT2D eigenvalue weighted by Crippen LogP contribution is 2.24. The predicted molar refractivity (Wildman–Crippen MR) is 91.4 cm³/mol. The average molecular weight is 354 g/mol. The van der Waals surface area contributed by atoms with E-state index in [9.17, 15) is 4.79 Å². The normalized spacial score (nSPS) is 11.1. The molecule has 0 atom stereocenters. The molecule has 4 aromatic heterocycles. The molecule has 0 aliphatic rings. The van der Waals surface area contributed by atoms with E-state index in [4.69, 9.17) is 9.15 Å². The number of ether oxygens (including phenoxy) is 1. The summed E-state index contributed by atoms with van der Waals surface area (Å²) in [5.74, 6) is 0.500. The van der Waals surface area contributed by atoms with Crippen LogP contribution in [-0.2, 0) is 11.3 Å². The van der Waals surface area contributed by atoms with Gasteiger partial charge >= 0.3 is 5.97 Å². The molecule has 7 nitrogen and oxygen atoms in total. The zero-order chi connectivity index (χ0) is 17.4. The van der Waals surface area contributed by atoms with Gasteiger partial charge in [-0.05, 0) is 31.4 Å². The van der Waals surface area contributed by atoms with Crippen molar-refractivity contribution in [2.75, 3.05) is 0 Å². The van der Waals surface area contributed by atoms with Crippen molar-refractivity contribution in [3.63, 3.8) is 0 Å². The van der Waals surface area contributed by atoms with Crippen LogP contribution in [0.25, 0.3) is 16.4 Å². The summed E-state index contributed by atoms with van der Waals surface area (Å²) in [7, 11) is 0. The van der Waals surface area contributed by atoms with Crippen LogP contribution in [0.2, 0.25) is 0 Å². The van der Waals surface area contributed by atoms with Gasteiger partial charge in [-0.3, -0.25) is 0 Å². The Morgan fingerprint density at radius 1 is 1.36 bits per heavy atom. The molecule has 4 rings (SSSR count). The van der Waals surface area contributed by atoms with Crippen LogP contribution in [0.5, 0.6) is 0 Å². The third kappa shape index (κ3) is 2.91. The second-order valence-electron chi connectivity index (χ2n) is 5.52. The molecule has 0 aliphatic carbocycles. The van der Waals surface area contributed by atoms with Crippen molar-refractivity contribution >= 4 is 23.0 Å². The summed E-state index contributed by atoms with van der Waals surface area (Å²) in [6.45, 7) is 3.78. The largest absolute Gasteiger partial charge is 0.454 e. The molecule has 0 radical (unpaired) electrons. The number of aryl methyl sites for hydroxylation is 2. The van der Waals surface area contributed by atoms with E-state index in [1.54, 1.807) is 10.7 Å². The molecule has 4 heterocycles. The van der Waals surface area contributed by atoms with E-state index in [0.717, 1.165) is 16.3 Å². The molecule has 0 aromatic carbocycles. The maximum atomic E-state index is 12.4. The molecular formula is C17H14N4O3S. The van der Waals surface area contributed by atoms with Crippen LogP contribution < -0.4 is 0 Å². The molecule has 0 fully saturated rings. The van der Waals surface area contributed by atoms with Crippen molar-refractivity contribution in [2.24, 2.45) is 0 Å². The monoisotopic (exact) mass is 354 g/mol. The van der Waals surface area contributed by atoms with Crippen LogP contribution in [0, 0.1) is 13.8 Å². The Hall–Kier alpha value is -3.00. The van der Waals surface area contributed by atoms with Crippen molar-refractivity contribution in [2.45, 2.75) is 20.5 Å². The zero-order valence-electron chi connectivity index (χ0n) is 13.6. The highest BCUT2D eigenvalue weighted by Gasteiger charge is 2.18. The number of rotatable bonds is 4. The van der Waals surface area contributed by atoms with Crippen LogP contribution >= 0.6 is 11.3 Å². The topological polar surface area (TPSA) is 82.5 Å². The Bertz CT molecular complexity index is 1050. The van der Waals surface area contributed by atoms with Crippen molar-refractivity contribution in [3.8, 4) is 10.8 Å². The van der Waals surface area contributed by atoms with E-state index in [1.165, 1.54) is 17.5 Å². The smallest absolute Gasteiger partial charge is 0.344 e. The van der Waals surface area contributed by atoms with Gasteiger partial charge in [-0.25, -0.2) is 19.3 Å². The molecule has 0 unspecified atom stereocenters. The number of hydrogen-bond acceptors (Lipinski definition) is 7. The van der Waals surface area contributed by atoms with Crippen molar-refractivity contribution < 1.29 is 13.9 Å². The Kier molecular flexibility index (Phi) is 3.81. The van der Waals surface area contributed by atoms with Crippen molar-refractivity contribution in [3.05, 3.63) is 58.7 Å². The van der Waals surface area contributed by atoms with Gasteiger partial charge in [0.2, 0.25) is 5.89 Å². The van der Waals surface area contributed by atoms with Gasteiger partial charge in [0, 0.05) is 11.4 Å². The second-order valence-corrected chi connectivity index (χ2v) is 6.47. The maximum Gasteiger partial charge on any atom is 0.344 e. The number of carbonyl (C=O) groups is 1. The third-order valence-corrected chi connectivity index (χ3v) is 4.49. The summed E-state index contributed by atoms with van der Waals surface area (Å²) in [4.78, 5) is 21.9. The van der Waals surface area contributed by atoms with E-state index in [2.05, 4.69) is 15.1 Å². The first kappa shape index (κ1) is 15.5. The minimum Gasteiger partial charge on any atom is -0.454 e. The first-order valence-electron chi connectivity index (χ1n) is 7.59. The summed E-state index contributed by atoms with van der Waals surface area (Å²) in [5.41, 5.74) is 2.52. The maximum absolute atomic E-state index is 12.4. The van der Waals surface area contributed by atoms with E-state index in [1.807, 2.05) is 37.4 Å². The lowest BCUT2D eigenvalue weighted by atomic mass is 10.3. The van der Waals surface area contributed by atoms with Crippen LogP contribution in [-0.4, -0.2) is 25.6 Å². The summed E-state index contributed by atoms with van der Waals surface area (Å²) < 4.78 is 12.6. The van der Waals surface area contributed by atoms with Crippen LogP contribution in [0.15, 0.2) is 40.4 Å². The SMILES string of the molecule is Cc1cc(C)n2ncc(C(=O)OCc3cnc(-c4cccs4)o3)c2n1. The molecule has 8 heteroatoms. The van der Waals surface area contributed by atoms with Gasteiger partial charge in [0.1, 0.15) is 5.56 Å². The van der Waals surface area contributed by atoms with Gasteiger partial charge < -0.3 is 9.15 Å². The minimum absolute atomic E-state index is 0.000648. The van der Waals surface area contributed by atoms with Gasteiger partial charge in [0.25, 0.3) is 0 Å². The highest BCUT2D eigenvalue weighted by molar-refractivity contribution is 7.13.